The van der Waals surface area contributed by atoms with Crippen molar-refractivity contribution in [3.63, 3.8) is 0 Å². The third-order valence-electron chi connectivity index (χ3n) is 2.37. The fourth-order valence-corrected chi connectivity index (χ4v) is 1.37. The van der Waals surface area contributed by atoms with E-state index in [9.17, 15) is 28.1 Å². The van der Waals surface area contributed by atoms with Gasteiger partial charge in [0.1, 0.15) is 23.6 Å². The predicted octanol–water partition coefficient (Wildman–Crippen LogP) is 0.954. The molecule has 21 heavy (non-hydrogen) atoms. The minimum absolute atomic E-state index is 0.379. The van der Waals surface area contributed by atoms with Crippen molar-refractivity contribution in [3.8, 4) is 0 Å². The van der Waals surface area contributed by atoms with Gasteiger partial charge in [-0.15, -0.1) is 0 Å². The number of hydrogen-bond acceptors (Lipinski definition) is 7. The van der Waals surface area contributed by atoms with Gasteiger partial charge in [-0.05, 0) is 6.07 Å². The summed E-state index contributed by atoms with van der Waals surface area (Å²) < 4.78 is 41.9. The first-order valence-electron chi connectivity index (χ1n) is 5.37. The van der Waals surface area contributed by atoms with E-state index < -0.39 is 46.8 Å². The number of nitro groups is 1. The molecule has 0 spiro atoms. The van der Waals surface area contributed by atoms with Gasteiger partial charge >= 0.3 is 17.8 Å². The lowest BCUT2D eigenvalue weighted by molar-refractivity contribution is -0.384. The topological polar surface area (TPSA) is 115 Å². The number of methoxy groups -OCH3 is 1. The van der Waals surface area contributed by atoms with Crippen LogP contribution in [0.15, 0.2) is 12.3 Å². The van der Waals surface area contributed by atoms with Crippen molar-refractivity contribution >= 4 is 17.3 Å². The van der Waals surface area contributed by atoms with Gasteiger partial charge in [0.05, 0.1) is 18.6 Å². The van der Waals surface area contributed by atoms with E-state index in [4.69, 9.17) is 5.11 Å². The first-order valence-corrected chi connectivity index (χ1v) is 5.37. The summed E-state index contributed by atoms with van der Waals surface area (Å²) in [5.74, 6) is -0.989. The highest BCUT2D eigenvalue weighted by Crippen LogP contribution is 2.33. The Morgan fingerprint density at radius 3 is 2.67 bits per heavy atom. The molecule has 2 N–H and O–H groups in total. The monoisotopic (exact) mass is 309 g/mol. The van der Waals surface area contributed by atoms with Gasteiger partial charge in [0.25, 0.3) is 0 Å². The Morgan fingerprint density at radius 1 is 1.62 bits per heavy atom. The molecule has 0 bridgehead atoms. The molecule has 1 aromatic heterocycles. The summed E-state index contributed by atoms with van der Waals surface area (Å²) in [6, 6.07) is -1.07. The number of aromatic nitrogens is 1. The van der Waals surface area contributed by atoms with Crippen molar-refractivity contribution in [2.75, 3.05) is 19.0 Å². The third-order valence-corrected chi connectivity index (χ3v) is 2.37. The smallest absolute Gasteiger partial charge is 0.433 e. The number of pyridine rings is 1. The Balaban J connectivity index is 3.23. The number of hydrogen-bond donors (Lipinski definition) is 2. The zero-order chi connectivity index (χ0) is 16.2. The maximum atomic E-state index is 12.5. The molecule has 0 amide bonds. The van der Waals surface area contributed by atoms with Crippen LogP contribution in [0.1, 0.15) is 5.69 Å². The molecule has 11 heteroatoms. The van der Waals surface area contributed by atoms with E-state index in [0.717, 1.165) is 7.11 Å². The van der Waals surface area contributed by atoms with Gasteiger partial charge in [-0.3, -0.25) is 10.1 Å². The Kier molecular flexibility index (Phi) is 5.02. The van der Waals surface area contributed by atoms with Gasteiger partial charge in [-0.25, -0.2) is 9.78 Å². The van der Waals surface area contributed by atoms with Crippen LogP contribution in [-0.2, 0) is 15.7 Å². The fraction of sp³-hybridized carbons (Fsp3) is 0.400. The fourth-order valence-electron chi connectivity index (χ4n) is 1.37. The minimum atomic E-state index is -4.81. The molecule has 0 radical (unpaired) electrons. The van der Waals surface area contributed by atoms with Crippen LogP contribution in [0, 0.1) is 10.1 Å². The lowest BCUT2D eigenvalue weighted by Gasteiger charge is -2.16. The van der Waals surface area contributed by atoms with Crippen LogP contribution in [0.3, 0.4) is 0 Å². The van der Waals surface area contributed by atoms with Crippen LogP contribution >= 0.6 is 0 Å². The van der Waals surface area contributed by atoms with E-state index in [1.807, 2.05) is 0 Å². The SMILES string of the molecule is COC(=O)C(CO)Nc1cc(C(F)(F)F)ncc1[N+](=O)[O-]. The molecule has 8 nitrogen and oxygen atoms in total. The second-order valence-electron chi connectivity index (χ2n) is 3.74. The maximum absolute atomic E-state index is 12.5. The van der Waals surface area contributed by atoms with Crippen LogP contribution in [0.4, 0.5) is 24.5 Å². The van der Waals surface area contributed by atoms with Gasteiger partial charge in [0, 0.05) is 0 Å². The van der Waals surface area contributed by atoms with Crippen LogP contribution in [-0.4, -0.2) is 40.7 Å². The van der Waals surface area contributed by atoms with Gasteiger partial charge in [0.2, 0.25) is 0 Å². The molecule has 0 aliphatic heterocycles. The molecule has 1 unspecified atom stereocenters. The summed E-state index contributed by atoms with van der Waals surface area (Å²) in [6.07, 6.45) is -4.40. The lowest BCUT2D eigenvalue weighted by atomic mass is 10.2. The van der Waals surface area contributed by atoms with E-state index >= 15 is 0 Å². The summed E-state index contributed by atoms with van der Waals surface area (Å²) in [5.41, 5.74) is -2.76. The number of anilines is 1. The molecule has 0 fully saturated rings. The first kappa shape index (κ1) is 16.6. The largest absolute Gasteiger partial charge is 0.467 e. The molecule has 0 aromatic carbocycles. The zero-order valence-electron chi connectivity index (χ0n) is 10.5. The standard InChI is InChI=1S/C10H10F3N3O5/c1-21-9(18)6(4-17)15-5-2-8(10(11,12)13)14-3-7(5)16(19)20/h2-3,6,17H,4H2,1H3,(H,14,15). The number of nitrogens with one attached hydrogen (secondary N) is 1. The van der Waals surface area contributed by atoms with Crippen LogP contribution in [0.25, 0.3) is 0 Å². The van der Waals surface area contributed by atoms with Crippen LogP contribution in [0.2, 0.25) is 0 Å². The van der Waals surface area contributed by atoms with E-state index in [-0.39, 0.29) is 0 Å². The molecule has 1 rings (SSSR count). The predicted molar refractivity (Wildman–Crippen MR) is 62.4 cm³/mol. The average molecular weight is 309 g/mol. The van der Waals surface area contributed by atoms with Crippen molar-refractivity contribution < 1.29 is 32.7 Å². The van der Waals surface area contributed by atoms with Crippen molar-refractivity contribution in [3.05, 3.63) is 28.1 Å². The molecule has 0 aliphatic rings. The number of rotatable bonds is 5. The number of carbonyl (C=O) groups is 1. The number of esters is 1. The normalized spacial score (nSPS) is 12.6. The lowest BCUT2D eigenvalue weighted by Crippen LogP contribution is -2.34. The van der Waals surface area contributed by atoms with E-state index in [2.05, 4.69) is 15.0 Å². The summed E-state index contributed by atoms with van der Waals surface area (Å²) in [7, 11) is 0.995. The molecule has 1 atom stereocenters. The van der Waals surface area contributed by atoms with E-state index in [1.54, 1.807) is 0 Å². The third kappa shape index (κ3) is 4.02. The van der Waals surface area contributed by atoms with Crippen molar-refractivity contribution in [1.82, 2.24) is 4.98 Å². The highest BCUT2D eigenvalue weighted by Gasteiger charge is 2.35. The number of ether oxygens (including phenoxy) is 1. The Bertz CT molecular complexity index is 549. The number of aliphatic hydroxyl groups excluding tert-OH is 1. The molecule has 116 valence electrons. The number of halogens is 3. The maximum Gasteiger partial charge on any atom is 0.433 e. The molecule has 0 saturated carbocycles. The van der Waals surface area contributed by atoms with Gasteiger partial charge in [0.15, 0.2) is 0 Å². The Morgan fingerprint density at radius 2 is 2.24 bits per heavy atom. The second-order valence-corrected chi connectivity index (χ2v) is 3.74. The number of carbonyl (C=O) groups excluding carboxylic acids is 1. The Hall–Kier alpha value is -2.43. The molecule has 1 heterocycles. The number of nitrogens with zero attached hydrogens (tertiary/aromatic N) is 2. The van der Waals surface area contributed by atoms with Gasteiger partial charge in [-0.2, -0.15) is 13.2 Å². The summed E-state index contributed by atoms with van der Waals surface area (Å²) >= 11 is 0. The van der Waals surface area contributed by atoms with E-state index in [1.165, 1.54) is 0 Å². The first-order chi connectivity index (χ1) is 9.70. The average Bonchev–Trinajstić information content (AvgIpc) is 2.42. The van der Waals surface area contributed by atoms with Crippen molar-refractivity contribution in [1.29, 1.82) is 0 Å². The van der Waals surface area contributed by atoms with Crippen LogP contribution < -0.4 is 5.32 Å². The van der Waals surface area contributed by atoms with Gasteiger partial charge in [-0.1, -0.05) is 0 Å². The zero-order valence-corrected chi connectivity index (χ0v) is 10.5. The Labute approximate surface area is 115 Å². The van der Waals surface area contributed by atoms with Crippen LogP contribution in [0.5, 0.6) is 0 Å². The molecular formula is C10H10F3N3O5. The second kappa shape index (κ2) is 6.35. The molecule has 1 aromatic rings. The quantitative estimate of drug-likeness (QED) is 0.473. The minimum Gasteiger partial charge on any atom is -0.467 e. The molecular weight excluding hydrogens is 299 g/mol. The summed E-state index contributed by atoms with van der Waals surface area (Å²) in [5, 5.41) is 21.9. The van der Waals surface area contributed by atoms with Gasteiger partial charge < -0.3 is 15.2 Å². The van der Waals surface area contributed by atoms with Crippen molar-refractivity contribution in [2.24, 2.45) is 0 Å². The molecule has 0 aliphatic carbocycles. The highest BCUT2D eigenvalue weighted by molar-refractivity contribution is 5.80. The van der Waals surface area contributed by atoms with E-state index in [0.29, 0.717) is 12.3 Å². The summed E-state index contributed by atoms with van der Waals surface area (Å²) in [6.45, 7) is -0.826. The van der Waals surface area contributed by atoms with Crippen molar-refractivity contribution in [2.45, 2.75) is 12.2 Å². The molecule has 0 saturated heterocycles. The number of aliphatic hydroxyl groups is 1. The number of alkyl halides is 3. The highest BCUT2D eigenvalue weighted by atomic mass is 19.4. The summed E-state index contributed by atoms with van der Waals surface area (Å²) in [4.78, 5) is 24.0.